The summed E-state index contributed by atoms with van der Waals surface area (Å²) < 4.78 is 0. The van der Waals surface area contributed by atoms with Gasteiger partial charge < -0.3 is 10.6 Å². The SMILES string of the molecule is Cc1ccccc1NC(=O)c1ccc(CNC2=C(Cl)C(=O)N(Cc3ccc(Cl)cc3)C2=O)cc1. The van der Waals surface area contributed by atoms with Gasteiger partial charge in [-0.05, 0) is 53.9 Å². The van der Waals surface area contributed by atoms with Crippen molar-refractivity contribution < 1.29 is 14.4 Å². The van der Waals surface area contributed by atoms with Crippen LogP contribution >= 0.6 is 23.2 Å². The van der Waals surface area contributed by atoms with E-state index in [4.69, 9.17) is 23.2 Å². The van der Waals surface area contributed by atoms with Crippen molar-refractivity contribution in [2.75, 3.05) is 5.32 Å². The first kappa shape index (κ1) is 23.5. The molecule has 2 N–H and O–H groups in total. The van der Waals surface area contributed by atoms with Crippen LogP contribution in [-0.2, 0) is 22.7 Å². The van der Waals surface area contributed by atoms with Crippen molar-refractivity contribution in [1.82, 2.24) is 10.2 Å². The van der Waals surface area contributed by atoms with Crippen LogP contribution in [0, 0.1) is 6.92 Å². The predicted octanol–water partition coefficient (Wildman–Crippen LogP) is 5.01. The topological polar surface area (TPSA) is 78.5 Å². The van der Waals surface area contributed by atoms with Gasteiger partial charge >= 0.3 is 0 Å². The molecule has 6 nitrogen and oxygen atoms in total. The number of anilines is 1. The van der Waals surface area contributed by atoms with Crippen molar-refractivity contribution in [2.24, 2.45) is 0 Å². The molecule has 3 amide bonds. The van der Waals surface area contributed by atoms with Crippen molar-refractivity contribution >= 4 is 46.6 Å². The molecule has 34 heavy (non-hydrogen) atoms. The van der Waals surface area contributed by atoms with Crippen molar-refractivity contribution in [2.45, 2.75) is 20.0 Å². The Morgan fingerprint density at radius 3 is 2.18 bits per heavy atom. The van der Waals surface area contributed by atoms with E-state index in [9.17, 15) is 14.4 Å². The number of amides is 3. The average molecular weight is 494 g/mol. The molecule has 0 saturated heterocycles. The summed E-state index contributed by atoms with van der Waals surface area (Å²) in [7, 11) is 0. The van der Waals surface area contributed by atoms with Crippen LogP contribution < -0.4 is 10.6 Å². The second kappa shape index (κ2) is 10.1. The number of hydrogen-bond acceptors (Lipinski definition) is 4. The zero-order valence-electron chi connectivity index (χ0n) is 18.3. The van der Waals surface area contributed by atoms with E-state index in [-0.39, 0.29) is 29.7 Å². The van der Waals surface area contributed by atoms with Crippen molar-refractivity contribution in [3.63, 3.8) is 0 Å². The van der Waals surface area contributed by atoms with Gasteiger partial charge in [0.05, 0.1) is 6.54 Å². The molecule has 0 spiro atoms. The average Bonchev–Trinajstić information content (AvgIpc) is 3.03. The van der Waals surface area contributed by atoms with Gasteiger partial charge in [0.15, 0.2) is 0 Å². The molecule has 1 aliphatic rings. The van der Waals surface area contributed by atoms with E-state index < -0.39 is 11.8 Å². The molecule has 0 unspecified atom stereocenters. The number of nitrogens with zero attached hydrogens (tertiary/aromatic N) is 1. The fourth-order valence-corrected chi connectivity index (χ4v) is 3.86. The summed E-state index contributed by atoms with van der Waals surface area (Å²) >= 11 is 12.1. The lowest BCUT2D eigenvalue weighted by Gasteiger charge is -2.15. The van der Waals surface area contributed by atoms with Crippen molar-refractivity contribution in [1.29, 1.82) is 0 Å². The van der Waals surface area contributed by atoms with E-state index in [0.717, 1.165) is 27.3 Å². The number of para-hydroxylation sites is 1. The number of carbonyl (C=O) groups excluding carboxylic acids is 3. The number of rotatable bonds is 7. The third kappa shape index (κ3) is 5.14. The van der Waals surface area contributed by atoms with Gasteiger partial charge in [-0.15, -0.1) is 0 Å². The van der Waals surface area contributed by atoms with Crippen LogP contribution in [0.5, 0.6) is 0 Å². The molecular formula is C26H21Cl2N3O3. The maximum absolute atomic E-state index is 12.8. The fraction of sp³-hybridized carbons (Fsp3) is 0.115. The van der Waals surface area contributed by atoms with Gasteiger partial charge in [0, 0.05) is 22.8 Å². The van der Waals surface area contributed by atoms with Gasteiger partial charge in [-0.3, -0.25) is 19.3 Å². The molecule has 1 aliphatic heterocycles. The van der Waals surface area contributed by atoms with Crippen molar-refractivity contribution in [3.8, 4) is 0 Å². The van der Waals surface area contributed by atoms with Crippen LogP contribution in [0.15, 0.2) is 83.5 Å². The first-order chi connectivity index (χ1) is 16.3. The minimum atomic E-state index is -0.549. The summed E-state index contributed by atoms with van der Waals surface area (Å²) in [6, 6.07) is 21.4. The predicted molar refractivity (Wildman–Crippen MR) is 132 cm³/mol. The number of imide groups is 1. The molecule has 172 valence electrons. The van der Waals surface area contributed by atoms with Crippen LogP contribution in [0.2, 0.25) is 5.02 Å². The highest BCUT2D eigenvalue weighted by Crippen LogP contribution is 2.25. The number of nitrogens with one attached hydrogen (secondary N) is 2. The minimum absolute atomic E-state index is 0.0574. The van der Waals surface area contributed by atoms with Crippen LogP contribution in [-0.4, -0.2) is 22.6 Å². The van der Waals surface area contributed by atoms with E-state index in [1.165, 1.54) is 0 Å². The second-order valence-corrected chi connectivity index (χ2v) is 8.65. The Labute approximate surface area is 207 Å². The molecular weight excluding hydrogens is 473 g/mol. The molecule has 0 fully saturated rings. The van der Waals surface area contributed by atoms with Gasteiger partial charge in [0.25, 0.3) is 17.7 Å². The molecule has 4 rings (SSSR count). The maximum atomic E-state index is 12.8. The molecule has 0 radical (unpaired) electrons. The third-order valence-corrected chi connectivity index (χ3v) is 6.05. The maximum Gasteiger partial charge on any atom is 0.278 e. The summed E-state index contributed by atoms with van der Waals surface area (Å²) in [6.07, 6.45) is 0. The Balaban J connectivity index is 1.37. The molecule has 1 heterocycles. The number of carbonyl (C=O) groups is 3. The van der Waals surface area contributed by atoms with E-state index >= 15 is 0 Å². The van der Waals surface area contributed by atoms with E-state index in [1.54, 1.807) is 48.5 Å². The number of halogens is 2. The fourth-order valence-electron chi connectivity index (χ4n) is 3.49. The molecule has 0 aromatic heterocycles. The summed E-state index contributed by atoms with van der Waals surface area (Å²) in [4.78, 5) is 38.9. The minimum Gasteiger partial charge on any atom is -0.375 e. The van der Waals surface area contributed by atoms with Crippen LogP contribution in [0.4, 0.5) is 5.69 Å². The Bertz CT molecular complexity index is 1290. The van der Waals surface area contributed by atoms with Crippen molar-refractivity contribution in [3.05, 3.63) is 111 Å². The Hall–Kier alpha value is -3.61. The van der Waals surface area contributed by atoms with Gasteiger partial charge in [0.2, 0.25) is 0 Å². The summed E-state index contributed by atoms with van der Waals surface area (Å²) in [6.45, 7) is 2.29. The molecule has 8 heteroatoms. The Morgan fingerprint density at radius 1 is 0.853 bits per heavy atom. The molecule has 0 atom stereocenters. The number of benzene rings is 3. The van der Waals surface area contributed by atoms with Crippen LogP contribution in [0.1, 0.15) is 27.0 Å². The largest absolute Gasteiger partial charge is 0.375 e. The summed E-state index contributed by atoms with van der Waals surface area (Å²) in [5.41, 5.74) is 3.87. The van der Waals surface area contributed by atoms with Gasteiger partial charge in [-0.1, -0.05) is 65.7 Å². The van der Waals surface area contributed by atoms with Gasteiger partial charge in [-0.2, -0.15) is 0 Å². The lowest BCUT2D eigenvalue weighted by molar-refractivity contribution is -0.138. The summed E-state index contributed by atoms with van der Waals surface area (Å²) in [5, 5.41) is 6.28. The molecule has 0 bridgehead atoms. The first-order valence-corrected chi connectivity index (χ1v) is 11.3. The van der Waals surface area contributed by atoms with Gasteiger partial charge in [-0.25, -0.2) is 0 Å². The third-order valence-electron chi connectivity index (χ3n) is 5.44. The van der Waals surface area contributed by atoms with E-state index in [0.29, 0.717) is 10.6 Å². The molecule has 3 aromatic rings. The zero-order chi connectivity index (χ0) is 24.2. The number of hydrogen-bond donors (Lipinski definition) is 2. The normalized spacial score (nSPS) is 13.4. The Morgan fingerprint density at radius 2 is 1.50 bits per heavy atom. The standard InChI is InChI=1S/C26H21Cl2N3O3/c1-16-4-2-3-5-21(16)30-24(32)19-10-6-17(7-11-19)14-29-23-22(28)25(33)31(26(23)34)15-18-8-12-20(27)13-9-18/h2-13,29H,14-15H2,1H3,(H,30,32). The summed E-state index contributed by atoms with van der Waals surface area (Å²) in [5.74, 6) is -1.25. The molecule has 0 aliphatic carbocycles. The molecule has 0 saturated carbocycles. The second-order valence-electron chi connectivity index (χ2n) is 7.83. The highest BCUT2D eigenvalue weighted by atomic mass is 35.5. The van der Waals surface area contributed by atoms with E-state index in [1.807, 2.05) is 31.2 Å². The smallest absolute Gasteiger partial charge is 0.278 e. The van der Waals surface area contributed by atoms with Gasteiger partial charge in [0.1, 0.15) is 10.7 Å². The van der Waals surface area contributed by atoms with Crippen LogP contribution in [0.25, 0.3) is 0 Å². The van der Waals surface area contributed by atoms with E-state index in [2.05, 4.69) is 10.6 Å². The Kier molecular flexibility index (Phi) is 7.01. The number of aryl methyl sites for hydroxylation is 1. The highest BCUT2D eigenvalue weighted by Gasteiger charge is 2.37. The zero-order valence-corrected chi connectivity index (χ0v) is 19.8. The van der Waals surface area contributed by atoms with Crippen LogP contribution in [0.3, 0.4) is 0 Å². The monoisotopic (exact) mass is 493 g/mol. The lowest BCUT2D eigenvalue weighted by Crippen LogP contribution is -2.33. The highest BCUT2D eigenvalue weighted by molar-refractivity contribution is 6.47. The quantitative estimate of drug-likeness (QED) is 0.453. The molecule has 3 aromatic carbocycles. The first-order valence-electron chi connectivity index (χ1n) is 10.5. The lowest BCUT2D eigenvalue weighted by atomic mass is 10.1.